The molecule has 1 N–H and O–H groups in total. The van der Waals surface area contributed by atoms with Gasteiger partial charge in [-0.05, 0) is 31.6 Å². The van der Waals surface area contributed by atoms with Gasteiger partial charge >= 0.3 is 0 Å². The van der Waals surface area contributed by atoms with Crippen LogP contribution in [0.1, 0.15) is 12.5 Å². The zero-order valence-corrected chi connectivity index (χ0v) is 8.80. The Morgan fingerprint density at radius 3 is 2.93 bits per heavy atom. The first-order valence-corrected chi connectivity index (χ1v) is 4.57. The maximum Gasteiger partial charge on any atom is 0.248 e. The molecule has 0 saturated carbocycles. The maximum absolute atomic E-state index is 11.2. The highest BCUT2D eigenvalue weighted by atomic mass is 35.5. The zero-order valence-electron chi connectivity index (χ0n) is 8.04. The molecule has 0 fully saturated rings. The van der Waals surface area contributed by atoms with E-state index < -0.39 is 0 Å². The van der Waals surface area contributed by atoms with Gasteiger partial charge in [0.2, 0.25) is 5.91 Å². The molecule has 0 unspecified atom stereocenters. The average Bonchev–Trinajstić information content (AvgIpc) is 2.12. The minimum Gasteiger partial charge on any atom is -0.320 e. The molecule has 1 aromatic heterocycles. The van der Waals surface area contributed by atoms with Crippen molar-refractivity contribution in [1.29, 1.82) is 0 Å². The fourth-order valence-electron chi connectivity index (χ4n) is 0.991. The summed E-state index contributed by atoms with van der Waals surface area (Å²) < 4.78 is 0. The Morgan fingerprint density at radius 1 is 1.64 bits per heavy atom. The third kappa shape index (κ3) is 2.57. The predicted molar refractivity (Wildman–Crippen MR) is 57.4 cm³/mol. The van der Waals surface area contributed by atoms with Crippen LogP contribution in [0, 0.1) is 6.92 Å². The van der Waals surface area contributed by atoms with Crippen molar-refractivity contribution in [2.24, 2.45) is 0 Å². The second-order valence-electron chi connectivity index (χ2n) is 2.78. The lowest BCUT2D eigenvalue weighted by Gasteiger charge is -2.06. The van der Waals surface area contributed by atoms with E-state index in [-0.39, 0.29) is 5.91 Å². The highest BCUT2D eigenvalue weighted by molar-refractivity contribution is 6.32. The predicted octanol–water partition coefficient (Wildman–Crippen LogP) is 2.56. The molecule has 1 rings (SSSR count). The second kappa shape index (κ2) is 4.77. The Bertz CT molecular complexity index is 354. The van der Waals surface area contributed by atoms with Crippen molar-refractivity contribution in [2.45, 2.75) is 13.8 Å². The van der Waals surface area contributed by atoms with Gasteiger partial charge in [0.25, 0.3) is 0 Å². The van der Waals surface area contributed by atoms with Gasteiger partial charge in [-0.25, -0.2) is 4.98 Å². The van der Waals surface area contributed by atoms with Gasteiger partial charge in [-0.1, -0.05) is 17.7 Å². The molecule has 0 aliphatic rings. The van der Waals surface area contributed by atoms with Crippen LogP contribution in [0.15, 0.2) is 24.4 Å². The number of carbonyl (C=O) groups is 1. The van der Waals surface area contributed by atoms with Crippen LogP contribution in [0.5, 0.6) is 0 Å². The monoisotopic (exact) mass is 210 g/mol. The van der Waals surface area contributed by atoms with Crippen LogP contribution in [0.2, 0.25) is 5.15 Å². The van der Waals surface area contributed by atoms with E-state index in [1.807, 2.05) is 6.92 Å². The van der Waals surface area contributed by atoms with E-state index in [0.29, 0.717) is 10.8 Å². The summed E-state index contributed by atoms with van der Waals surface area (Å²) in [6.07, 6.45) is 4.70. The number of pyridine rings is 1. The highest BCUT2D eigenvalue weighted by Gasteiger charge is 2.06. The van der Waals surface area contributed by atoms with Crippen molar-refractivity contribution in [3.63, 3.8) is 0 Å². The first-order chi connectivity index (χ1) is 6.65. The number of nitrogens with one attached hydrogen (secondary N) is 1. The SMILES string of the molecule is C/C=C/C(=O)Nc1c(C)ccnc1Cl. The van der Waals surface area contributed by atoms with E-state index >= 15 is 0 Å². The van der Waals surface area contributed by atoms with Crippen LogP contribution in [-0.2, 0) is 4.79 Å². The fraction of sp³-hybridized carbons (Fsp3) is 0.200. The van der Waals surface area contributed by atoms with Gasteiger partial charge in [-0.15, -0.1) is 0 Å². The maximum atomic E-state index is 11.2. The van der Waals surface area contributed by atoms with Crippen LogP contribution >= 0.6 is 11.6 Å². The van der Waals surface area contributed by atoms with Gasteiger partial charge in [0.1, 0.15) is 0 Å². The molecule has 4 heteroatoms. The van der Waals surface area contributed by atoms with Gasteiger partial charge in [-0.2, -0.15) is 0 Å². The number of halogens is 1. The lowest BCUT2D eigenvalue weighted by atomic mass is 10.2. The molecule has 0 bridgehead atoms. The second-order valence-corrected chi connectivity index (χ2v) is 3.14. The average molecular weight is 211 g/mol. The van der Waals surface area contributed by atoms with Crippen molar-refractivity contribution in [3.05, 3.63) is 35.1 Å². The van der Waals surface area contributed by atoms with Gasteiger partial charge in [0, 0.05) is 6.20 Å². The molecule has 0 atom stereocenters. The lowest BCUT2D eigenvalue weighted by Crippen LogP contribution is -2.09. The van der Waals surface area contributed by atoms with Crippen LogP contribution in [0.3, 0.4) is 0 Å². The Hall–Kier alpha value is -1.35. The number of hydrogen-bond acceptors (Lipinski definition) is 2. The first kappa shape index (κ1) is 10.7. The number of nitrogens with zero attached hydrogens (tertiary/aromatic N) is 1. The zero-order chi connectivity index (χ0) is 10.6. The largest absolute Gasteiger partial charge is 0.320 e. The molecule has 1 amide bonds. The van der Waals surface area contributed by atoms with Gasteiger partial charge in [0.15, 0.2) is 5.15 Å². The molecule has 0 saturated heterocycles. The summed E-state index contributed by atoms with van der Waals surface area (Å²) >= 11 is 5.82. The van der Waals surface area contributed by atoms with Crippen molar-refractivity contribution >= 4 is 23.2 Å². The van der Waals surface area contributed by atoms with Gasteiger partial charge in [0.05, 0.1) is 5.69 Å². The molecular formula is C10H11ClN2O. The van der Waals surface area contributed by atoms with Gasteiger partial charge in [-0.3, -0.25) is 4.79 Å². The number of hydrogen-bond donors (Lipinski definition) is 1. The molecule has 0 radical (unpaired) electrons. The van der Waals surface area contributed by atoms with Crippen LogP contribution < -0.4 is 5.32 Å². The Kier molecular flexibility index (Phi) is 3.65. The van der Waals surface area contributed by atoms with Crippen LogP contribution in [0.25, 0.3) is 0 Å². The highest BCUT2D eigenvalue weighted by Crippen LogP contribution is 2.22. The van der Waals surface area contributed by atoms with Crippen molar-refractivity contribution in [1.82, 2.24) is 4.98 Å². The van der Waals surface area contributed by atoms with E-state index in [0.717, 1.165) is 5.56 Å². The Morgan fingerprint density at radius 2 is 2.36 bits per heavy atom. The number of allylic oxidation sites excluding steroid dienone is 1. The van der Waals surface area contributed by atoms with Crippen molar-refractivity contribution < 1.29 is 4.79 Å². The molecule has 0 spiro atoms. The lowest BCUT2D eigenvalue weighted by molar-refractivity contribution is -0.111. The third-order valence-corrected chi connectivity index (χ3v) is 1.97. The Labute approximate surface area is 87.8 Å². The third-order valence-electron chi connectivity index (χ3n) is 1.68. The number of aryl methyl sites for hydroxylation is 1. The minimum absolute atomic E-state index is 0.203. The first-order valence-electron chi connectivity index (χ1n) is 4.20. The quantitative estimate of drug-likeness (QED) is 0.602. The van der Waals surface area contributed by atoms with E-state index in [9.17, 15) is 4.79 Å². The summed E-state index contributed by atoms with van der Waals surface area (Å²) in [6, 6.07) is 1.79. The van der Waals surface area contributed by atoms with E-state index in [1.54, 1.807) is 25.3 Å². The molecule has 0 aliphatic heterocycles. The Balaban J connectivity index is 2.91. The number of anilines is 1. The summed E-state index contributed by atoms with van der Waals surface area (Å²) in [4.78, 5) is 15.1. The number of amides is 1. The number of aromatic nitrogens is 1. The minimum atomic E-state index is -0.203. The summed E-state index contributed by atoms with van der Waals surface area (Å²) in [5, 5.41) is 2.97. The summed E-state index contributed by atoms with van der Waals surface area (Å²) in [5.41, 5.74) is 1.46. The molecule has 14 heavy (non-hydrogen) atoms. The summed E-state index contributed by atoms with van der Waals surface area (Å²) in [7, 11) is 0. The van der Waals surface area contributed by atoms with Crippen molar-refractivity contribution in [2.75, 3.05) is 5.32 Å². The van der Waals surface area contributed by atoms with Crippen LogP contribution in [-0.4, -0.2) is 10.9 Å². The molecule has 0 aromatic carbocycles. The van der Waals surface area contributed by atoms with E-state index in [1.165, 1.54) is 6.08 Å². The molecule has 1 heterocycles. The van der Waals surface area contributed by atoms with E-state index in [2.05, 4.69) is 10.3 Å². The molecule has 3 nitrogen and oxygen atoms in total. The summed E-state index contributed by atoms with van der Waals surface area (Å²) in [5.74, 6) is -0.203. The number of carbonyl (C=O) groups excluding carboxylic acids is 1. The standard InChI is InChI=1S/C10H11ClN2O/c1-3-4-8(14)13-9-7(2)5-6-12-10(9)11/h3-6H,1-2H3,(H,13,14)/b4-3+. The molecule has 0 aliphatic carbocycles. The van der Waals surface area contributed by atoms with E-state index in [4.69, 9.17) is 11.6 Å². The summed E-state index contributed by atoms with van der Waals surface area (Å²) in [6.45, 7) is 3.64. The molecular weight excluding hydrogens is 200 g/mol. The smallest absolute Gasteiger partial charge is 0.248 e. The van der Waals surface area contributed by atoms with Crippen LogP contribution in [0.4, 0.5) is 5.69 Å². The normalized spacial score (nSPS) is 10.5. The van der Waals surface area contributed by atoms with Gasteiger partial charge < -0.3 is 5.32 Å². The molecule has 1 aromatic rings. The molecule has 74 valence electrons. The number of rotatable bonds is 2. The van der Waals surface area contributed by atoms with Crippen molar-refractivity contribution in [3.8, 4) is 0 Å². The topological polar surface area (TPSA) is 42.0 Å². The fourth-order valence-corrected chi connectivity index (χ4v) is 1.24.